The van der Waals surface area contributed by atoms with Crippen LogP contribution in [0, 0.1) is 28.6 Å². The van der Waals surface area contributed by atoms with Crippen molar-refractivity contribution in [3.05, 3.63) is 0 Å². The van der Waals surface area contributed by atoms with E-state index in [1.807, 2.05) is 69.2 Å². The first-order valence-corrected chi connectivity index (χ1v) is 9.64. The Morgan fingerprint density at radius 1 is 1.11 bits per heavy atom. The Morgan fingerprint density at radius 2 is 1.59 bits per heavy atom. The predicted octanol–water partition coefficient (Wildman–Crippen LogP) is 3.85. The van der Waals surface area contributed by atoms with Crippen LogP contribution in [-0.4, -0.2) is 39.3 Å². The molecule has 6 heteroatoms. The van der Waals surface area contributed by atoms with Gasteiger partial charge in [0, 0.05) is 17.0 Å². The normalized spacial score (nSPS) is 21.0. The summed E-state index contributed by atoms with van der Waals surface area (Å²) in [6.07, 6.45) is 0. The van der Waals surface area contributed by atoms with Gasteiger partial charge in [-0.3, -0.25) is 9.59 Å². The molecule has 27 heavy (non-hydrogen) atoms. The molecule has 2 unspecified atom stereocenters. The zero-order valence-corrected chi connectivity index (χ0v) is 18.9. The Morgan fingerprint density at radius 3 is 1.89 bits per heavy atom. The largest absolute Gasteiger partial charge is 0.351 e. The molecule has 2 amide bonds. The van der Waals surface area contributed by atoms with Gasteiger partial charge in [-0.15, -0.1) is 0 Å². The Kier molecular flexibility index (Phi) is 6.36. The molecule has 1 rings (SSSR count). The average molecular weight is 379 g/mol. The molecule has 0 aliphatic carbocycles. The molecule has 0 saturated carbocycles. The molecule has 0 fully saturated rings. The zero-order chi connectivity index (χ0) is 21.5. The fourth-order valence-corrected chi connectivity index (χ4v) is 3.74. The van der Waals surface area contributed by atoms with Gasteiger partial charge in [0.05, 0.1) is 17.4 Å². The second kappa shape index (κ2) is 7.36. The Hall–Kier alpha value is -1.72. The quantitative estimate of drug-likeness (QED) is 0.728. The van der Waals surface area contributed by atoms with Crippen molar-refractivity contribution in [3.8, 4) is 0 Å². The van der Waals surface area contributed by atoms with E-state index in [4.69, 9.17) is 5.41 Å². The molecule has 1 aliphatic heterocycles. The van der Waals surface area contributed by atoms with E-state index in [0.29, 0.717) is 5.71 Å². The maximum atomic E-state index is 13.3. The molecular weight excluding hydrogens is 340 g/mol. The van der Waals surface area contributed by atoms with Crippen molar-refractivity contribution in [2.45, 2.75) is 87.2 Å². The minimum Gasteiger partial charge on any atom is -0.351 e. The van der Waals surface area contributed by atoms with Crippen LogP contribution in [0.2, 0.25) is 0 Å². The van der Waals surface area contributed by atoms with E-state index in [1.54, 1.807) is 6.92 Å². The summed E-state index contributed by atoms with van der Waals surface area (Å²) in [5, 5.41) is 17.4. The van der Waals surface area contributed by atoms with Crippen LogP contribution >= 0.6 is 0 Å². The molecule has 154 valence electrons. The van der Waals surface area contributed by atoms with Crippen molar-refractivity contribution < 1.29 is 9.59 Å². The van der Waals surface area contributed by atoms with Crippen molar-refractivity contribution in [1.82, 2.24) is 10.3 Å². The van der Waals surface area contributed by atoms with E-state index >= 15 is 0 Å². The monoisotopic (exact) mass is 378 g/mol. The molecule has 1 aliphatic rings. The Labute approximate surface area is 164 Å². The number of amides is 2. The molecule has 0 saturated heterocycles. The lowest BCUT2D eigenvalue weighted by atomic mass is 9.63. The van der Waals surface area contributed by atoms with Gasteiger partial charge in [-0.25, -0.2) is 5.01 Å². The highest BCUT2D eigenvalue weighted by Crippen LogP contribution is 2.43. The van der Waals surface area contributed by atoms with Gasteiger partial charge in [0.2, 0.25) is 5.91 Å². The van der Waals surface area contributed by atoms with Crippen molar-refractivity contribution >= 4 is 23.2 Å². The third-order valence-electron chi connectivity index (χ3n) is 4.78. The molecule has 0 bridgehead atoms. The highest BCUT2D eigenvalue weighted by atomic mass is 16.2. The fraction of sp³-hybridized carbons (Fsp3) is 0.810. The van der Waals surface area contributed by atoms with Crippen LogP contribution in [0.15, 0.2) is 5.10 Å². The molecule has 3 atom stereocenters. The smallest absolute Gasteiger partial charge is 0.252 e. The summed E-state index contributed by atoms with van der Waals surface area (Å²) in [7, 11) is 0. The van der Waals surface area contributed by atoms with Crippen LogP contribution in [0.5, 0.6) is 0 Å². The minimum atomic E-state index is -0.691. The first kappa shape index (κ1) is 23.3. The summed E-state index contributed by atoms with van der Waals surface area (Å²) in [6, 6.07) is 0. The Bertz CT molecular complexity index is 643. The summed E-state index contributed by atoms with van der Waals surface area (Å²) in [6.45, 7) is 21.2. The number of nitrogens with one attached hydrogen (secondary N) is 2. The van der Waals surface area contributed by atoms with Gasteiger partial charge < -0.3 is 10.7 Å². The molecule has 0 aromatic rings. The summed E-state index contributed by atoms with van der Waals surface area (Å²) in [4.78, 5) is 26.4. The van der Waals surface area contributed by atoms with Crippen LogP contribution in [0.1, 0.15) is 76.2 Å². The highest BCUT2D eigenvalue weighted by molar-refractivity contribution is 6.10. The van der Waals surface area contributed by atoms with Crippen molar-refractivity contribution in [2.24, 2.45) is 28.3 Å². The van der Waals surface area contributed by atoms with Gasteiger partial charge in [0.25, 0.3) is 5.91 Å². The van der Waals surface area contributed by atoms with E-state index < -0.39 is 22.9 Å². The van der Waals surface area contributed by atoms with Gasteiger partial charge in [-0.05, 0) is 66.7 Å². The standard InChI is InChI=1S/C21H38N4O2/c1-12(22)14(17(26)23-20(6,7)8)16(19(3,4)5)15-13(2)24-25(18(15)27)21(9,10)11/h14-16,22H,1-11H3,(H,23,26)/t14?,15?,16-/m1/s1. The zero-order valence-electron chi connectivity index (χ0n) is 18.9. The predicted molar refractivity (Wildman–Crippen MR) is 111 cm³/mol. The first-order valence-electron chi connectivity index (χ1n) is 9.64. The number of carbonyl (C=O) groups excluding carboxylic acids is 2. The summed E-state index contributed by atoms with van der Waals surface area (Å²) in [5.74, 6) is -1.86. The Balaban J connectivity index is 3.45. The van der Waals surface area contributed by atoms with Crippen LogP contribution in [0.25, 0.3) is 0 Å². The van der Waals surface area contributed by atoms with Gasteiger partial charge in [0.1, 0.15) is 0 Å². The van der Waals surface area contributed by atoms with Crippen molar-refractivity contribution in [2.75, 3.05) is 0 Å². The molecule has 0 radical (unpaired) electrons. The van der Waals surface area contributed by atoms with Gasteiger partial charge in [0.15, 0.2) is 0 Å². The van der Waals surface area contributed by atoms with E-state index in [-0.39, 0.29) is 28.9 Å². The number of rotatable bonds is 4. The average Bonchev–Trinajstić information content (AvgIpc) is 2.67. The third kappa shape index (κ3) is 5.39. The highest BCUT2D eigenvalue weighted by Gasteiger charge is 2.51. The van der Waals surface area contributed by atoms with Crippen molar-refractivity contribution in [3.63, 3.8) is 0 Å². The lowest BCUT2D eigenvalue weighted by molar-refractivity contribution is -0.140. The second-order valence-corrected chi connectivity index (χ2v) is 10.8. The number of hydrogen-bond donors (Lipinski definition) is 2. The van der Waals surface area contributed by atoms with Gasteiger partial charge in [-0.1, -0.05) is 20.8 Å². The SMILES string of the molecule is CC(=N)C(C(=O)NC(C)(C)C)[C@H](C1C(=O)N(C(C)(C)C)N=C1C)C(C)(C)C. The van der Waals surface area contributed by atoms with Crippen LogP contribution < -0.4 is 5.32 Å². The van der Waals surface area contributed by atoms with Gasteiger partial charge in [-0.2, -0.15) is 5.10 Å². The van der Waals surface area contributed by atoms with E-state index in [2.05, 4.69) is 10.4 Å². The number of hydrogen-bond acceptors (Lipinski definition) is 4. The molecular formula is C21H38N4O2. The maximum Gasteiger partial charge on any atom is 0.252 e. The fourth-order valence-electron chi connectivity index (χ4n) is 3.74. The van der Waals surface area contributed by atoms with Crippen LogP contribution in [0.3, 0.4) is 0 Å². The minimum absolute atomic E-state index is 0.0882. The number of hydrazone groups is 1. The molecule has 2 N–H and O–H groups in total. The van der Waals surface area contributed by atoms with E-state index in [1.165, 1.54) is 5.01 Å². The number of nitrogens with zero attached hydrogens (tertiary/aromatic N) is 2. The van der Waals surface area contributed by atoms with Crippen molar-refractivity contribution in [1.29, 1.82) is 5.41 Å². The summed E-state index contributed by atoms with van der Waals surface area (Å²) < 4.78 is 0. The van der Waals surface area contributed by atoms with Crippen LogP contribution in [-0.2, 0) is 9.59 Å². The van der Waals surface area contributed by atoms with Gasteiger partial charge >= 0.3 is 0 Å². The lowest BCUT2D eigenvalue weighted by Crippen LogP contribution is -2.53. The molecule has 0 spiro atoms. The van der Waals surface area contributed by atoms with E-state index in [0.717, 1.165) is 0 Å². The topological polar surface area (TPSA) is 85.6 Å². The maximum absolute atomic E-state index is 13.3. The lowest BCUT2D eigenvalue weighted by Gasteiger charge is -2.41. The molecule has 1 heterocycles. The molecule has 0 aromatic heterocycles. The third-order valence-corrected chi connectivity index (χ3v) is 4.78. The summed E-state index contributed by atoms with van der Waals surface area (Å²) >= 11 is 0. The van der Waals surface area contributed by atoms with E-state index in [9.17, 15) is 9.59 Å². The second-order valence-electron chi connectivity index (χ2n) is 10.8. The molecule has 6 nitrogen and oxygen atoms in total. The molecule has 0 aromatic carbocycles. The first-order chi connectivity index (χ1) is 11.9. The summed E-state index contributed by atoms with van der Waals surface area (Å²) in [5.41, 5.74) is -0.227. The number of carbonyl (C=O) groups is 2. The van der Waals surface area contributed by atoms with Crippen LogP contribution in [0.4, 0.5) is 0 Å².